The van der Waals surface area contributed by atoms with E-state index in [0.717, 1.165) is 31.2 Å². The Morgan fingerprint density at radius 2 is 1.69 bits per heavy atom. The molecule has 9 nitrogen and oxygen atoms in total. The summed E-state index contributed by atoms with van der Waals surface area (Å²) in [4.78, 5) is 13.1. The zero-order valence-electron chi connectivity index (χ0n) is 20.1. The number of nitrogens with zero attached hydrogens (tertiary/aromatic N) is 3. The van der Waals surface area contributed by atoms with Crippen molar-refractivity contribution in [2.45, 2.75) is 42.7 Å². The summed E-state index contributed by atoms with van der Waals surface area (Å²) in [6.45, 7) is 0. The fraction of sp³-hybridized carbons (Fsp3) is 0.320. The van der Waals surface area contributed by atoms with Gasteiger partial charge in [0.05, 0.1) is 12.1 Å². The van der Waals surface area contributed by atoms with Crippen molar-refractivity contribution in [1.29, 1.82) is 0 Å². The third-order valence-electron chi connectivity index (χ3n) is 6.04. The van der Waals surface area contributed by atoms with Crippen LogP contribution in [0.4, 0.5) is 11.8 Å². The molecule has 0 spiro atoms. The summed E-state index contributed by atoms with van der Waals surface area (Å²) in [6, 6.07) is 10.5. The smallest absolute Gasteiger partial charge is 0.264 e. The van der Waals surface area contributed by atoms with Gasteiger partial charge in [0.25, 0.3) is 10.0 Å². The van der Waals surface area contributed by atoms with Crippen LogP contribution in [0.1, 0.15) is 36.8 Å². The van der Waals surface area contributed by atoms with E-state index in [1.165, 1.54) is 19.2 Å². The number of benzene rings is 1. The van der Waals surface area contributed by atoms with Crippen molar-refractivity contribution < 1.29 is 13.2 Å². The van der Waals surface area contributed by atoms with Crippen LogP contribution in [0.25, 0.3) is 12.2 Å². The van der Waals surface area contributed by atoms with Gasteiger partial charge in [0, 0.05) is 35.6 Å². The first-order valence-corrected chi connectivity index (χ1v) is 13.5. The summed E-state index contributed by atoms with van der Waals surface area (Å²) in [6.07, 6.45) is 11.6. The number of nitrogens with one attached hydrogen (secondary N) is 3. The zero-order chi connectivity index (χ0) is 25.5. The number of rotatable bonds is 9. The highest BCUT2D eigenvalue weighted by molar-refractivity contribution is 7.92. The molecule has 3 aromatic rings. The highest BCUT2D eigenvalue weighted by atomic mass is 35.5. The number of methoxy groups -OCH3 is 1. The van der Waals surface area contributed by atoms with E-state index < -0.39 is 10.0 Å². The maximum Gasteiger partial charge on any atom is 0.264 e. The minimum absolute atomic E-state index is 0.0278. The van der Waals surface area contributed by atoms with Crippen molar-refractivity contribution in [3.63, 3.8) is 0 Å². The van der Waals surface area contributed by atoms with Crippen LogP contribution in [0.3, 0.4) is 0 Å². The maximum absolute atomic E-state index is 12.7. The van der Waals surface area contributed by atoms with Crippen molar-refractivity contribution in [3.05, 3.63) is 64.9 Å². The van der Waals surface area contributed by atoms with Gasteiger partial charge in [-0.2, -0.15) is 4.98 Å². The van der Waals surface area contributed by atoms with E-state index in [-0.39, 0.29) is 21.6 Å². The average Bonchev–Trinajstić information content (AvgIpc) is 2.89. The van der Waals surface area contributed by atoms with E-state index >= 15 is 0 Å². The van der Waals surface area contributed by atoms with Crippen molar-refractivity contribution in [2.75, 3.05) is 24.2 Å². The highest BCUT2D eigenvalue weighted by Crippen LogP contribution is 2.26. The summed E-state index contributed by atoms with van der Waals surface area (Å²) in [5.74, 6) is 1.00. The molecule has 0 bridgehead atoms. The highest BCUT2D eigenvalue weighted by Gasteiger charge is 2.20. The van der Waals surface area contributed by atoms with Gasteiger partial charge in [0.1, 0.15) is 10.7 Å². The van der Waals surface area contributed by atoms with E-state index in [1.807, 2.05) is 19.2 Å². The van der Waals surface area contributed by atoms with Gasteiger partial charge in [-0.1, -0.05) is 29.8 Å². The van der Waals surface area contributed by atoms with Gasteiger partial charge in [-0.15, -0.1) is 0 Å². The zero-order valence-corrected chi connectivity index (χ0v) is 21.7. The van der Waals surface area contributed by atoms with Gasteiger partial charge >= 0.3 is 0 Å². The molecule has 0 aliphatic heterocycles. The summed E-state index contributed by atoms with van der Waals surface area (Å²) in [5, 5.41) is 6.88. The Morgan fingerprint density at radius 1 is 1.00 bits per heavy atom. The van der Waals surface area contributed by atoms with Crippen molar-refractivity contribution in [1.82, 2.24) is 20.3 Å². The van der Waals surface area contributed by atoms with Crippen LogP contribution in [-0.2, 0) is 10.0 Å². The molecular weight excluding hydrogens is 500 g/mol. The van der Waals surface area contributed by atoms with Crippen molar-refractivity contribution in [3.8, 4) is 5.88 Å². The Balaban J connectivity index is 1.41. The lowest BCUT2D eigenvalue weighted by Gasteiger charge is -2.28. The van der Waals surface area contributed by atoms with Crippen LogP contribution in [0.5, 0.6) is 5.88 Å². The molecule has 1 fully saturated rings. The first kappa shape index (κ1) is 25.9. The second kappa shape index (κ2) is 11.7. The second-order valence-corrected chi connectivity index (χ2v) is 10.5. The number of anilines is 2. The largest absolute Gasteiger partial charge is 0.481 e. The third-order valence-corrected chi connectivity index (χ3v) is 7.90. The van der Waals surface area contributed by atoms with Gasteiger partial charge in [-0.05, 0) is 63.1 Å². The Bertz CT molecular complexity index is 1310. The Labute approximate surface area is 216 Å². The number of sulfonamides is 1. The van der Waals surface area contributed by atoms with Gasteiger partial charge in [-0.3, -0.25) is 4.72 Å². The van der Waals surface area contributed by atoms with Crippen molar-refractivity contribution >= 4 is 45.5 Å². The quantitative estimate of drug-likeness (QED) is 0.373. The first-order chi connectivity index (χ1) is 17.4. The van der Waals surface area contributed by atoms with Crippen molar-refractivity contribution in [2.24, 2.45) is 0 Å². The molecule has 1 aromatic carbocycles. The molecule has 0 atom stereocenters. The molecule has 0 amide bonds. The molecule has 0 saturated heterocycles. The number of hydrogen-bond donors (Lipinski definition) is 3. The van der Waals surface area contributed by atoms with Crippen LogP contribution in [0, 0.1) is 0 Å². The number of hydrogen-bond acceptors (Lipinski definition) is 8. The van der Waals surface area contributed by atoms with Gasteiger partial charge < -0.3 is 15.4 Å². The lowest BCUT2D eigenvalue weighted by molar-refractivity contribution is 0.370. The summed E-state index contributed by atoms with van der Waals surface area (Å²) < 4.78 is 33.2. The topological polar surface area (TPSA) is 118 Å². The van der Waals surface area contributed by atoms with E-state index in [0.29, 0.717) is 23.6 Å². The van der Waals surface area contributed by atoms with Crippen LogP contribution in [0.2, 0.25) is 5.02 Å². The molecule has 0 unspecified atom stereocenters. The molecule has 3 N–H and O–H groups in total. The van der Waals surface area contributed by atoms with Gasteiger partial charge in [0.2, 0.25) is 11.8 Å². The maximum atomic E-state index is 12.7. The van der Waals surface area contributed by atoms with E-state index in [1.54, 1.807) is 36.7 Å². The fourth-order valence-corrected chi connectivity index (χ4v) is 5.57. The minimum atomic E-state index is -3.90. The molecule has 1 aliphatic rings. The summed E-state index contributed by atoms with van der Waals surface area (Å²) in [5.41, 5.74) is 1.48. The molecule has 190 valence electrons. The number of halogens is 1. The second-order valence-electron chi connectivity index (χ2n) is 8.49. The normalized spacial score (nSPS) is 18.2. The SMILES string of the molecule is CNC1CCC(Nc2ncc(/C=C/c3ccc(NS(=O)(=O)c4ccccc4Cl)nc3OC)cn2)CC1. The van der Waals surface area contributed by atoms with Gasteiger partial charge in [0.15, 0.2) is 0 Å². The van der Waals surface area contributed by atoms with Crippen LogP contribution < -0.4 is 20.1 Å². The monoisotopic (exact) mass is 528 g/mol. The Morgan fingerprint density at radius 3 is 2.36 bits per heavy atom. The first-order valence-electron chi connectivity index (χ1n) is 11.6. The van der Waals surface area contributed by atoms with E-state index in [4.69, 9.17) is 16.3 Å². The van der Waals surface area contributed by atoms with Crippen LogP contribution in [0.15, 0.2) is 53.7 Å². The predicted octanol–water partition coefficient (Wildman–Crippen LogP) is 4.45. The van der Waals surface area contributed by atoms with Crippen LogP contribution >= 0.6 is 11.6 Å². The van der Waals surface area contributed by atoms with Gasteiger partial charge in [-0.25, -0.2) is 18.4 Å². The lowest BCUT2D eigenvalue weighted by atomic mass is 9.91. The molecule has 0 radical (unpaired) electrons. The van der Waals surface area contributed by atoms with E-state index in [9.17, 15) is 8.42 Å². The third kappa shape index (κ3) is 6.51. The standard InChI is InChI=1S/C25H29ClN6O3S/c1-27-19-10-12-20(13-11-19)30-25-28-15-17(16-29-25)7-8-18-9-14-23(31-24(18)35-2)32-36(33,34)22-6-4-3-5-21(22)26/h3-9,14-16,19-20,27H,10-13H2,1-2H3,(H,31,32)(H,28,29,30)/b8-7+. The Hall–Kier alpha value is -3.21. The number of ether oxygens (including phenoxy) is 1. The summed E-state index contributed by atoms with van der Waals surface area (Å²) in [7, 11) is -0.417. The average molecular weight is 529 g/mol. The molecule has 36 heavy (non-hydrogen) atoms. The molecule has 2 aromatic heterocycles. The fourth-order valence-electron chi connectivity index (χ4n) is 4.05. The van der Waals surface area contributed by atoms with Crippen LogP contribution in [-0.4, -0.2) is 49.6 Å². The van der Waals surface area contributed by atoms with E-state index in [2.05, 4.69) is 30.3 Å². The molecule has 4 rings (SSSR count). The number of pyridine rings is 1. The molecule has 2 heterocycles. The molecule has 1 aliphatic carbocycles. The minimum Gasteiger partial charge on any atom is -0.481 e. The Kier molecular flexibility index (Phi) is 8.40. The molecular formula is C25H29ClN6O3S. The number of aromatic nitrogens is 3. The summed E-state index contributed by atoms with van der Waals surface area (Å²) >= 11 is 6.04. The predicted molar refractivity (Wildman–Crippen MR) is 143 cm³/mol. The molecule has 1 saturated carbocycles. The lowest BCUT2D eigenvalue weighted by Crippen LogP contribution is -2.35. The molecule has 11 heteroatoms.